The van der Waals surface area contributed by atoms with E-state index in [4.69, 9.17) is 4.74 Å². The van der Waals surface area contributed by atoms with Crippen LogP contribution in [0.1, 0.15) is 23.2 Å². The van der Waals surface area contributed by atoms with Crippen LogP contribution in [0.4, 0.5) is 0 Å². The molecule has 2 amide bonds. The van der Waals surface area contributed by atoms with Gasteiger partial charge in [-0.2, -0.15) is 0 Å². The molecule has 3 heterocycles. The Bertz CT molecular complexity index is 691. The largest absolute Gasteiger partial charge is 0.504 e. The van der Waals surface area contributed by atoms with Gasteiger partial charge in [0.2, 0.25) is 5.91 Å². The van der Waals surface area contributed by atoms with Crippen LogP contribution >= 0.6 is 0 Å². The van der Waals surface area contributed by atoms with Gasteiger partial charge in [0.05, 0.1) is 13.7 Å². The molecular formula is C19H27N3O4. The highest BCUT2D eigenvalue weighted by atomic mass is 16.5. The second-order valence-corrected chi connectivity index (χ2v) is 7.42. The minimum absolute atomic E-state index is 0.0230. The standard InChI is InChI=1S/C19H27N3O4/c1-20(2)18(24)12-21-9-13-4-6-15(11-21)22(10-13)19(25)14-5-7-16(23)17(8-14)26-3/h5,7-8,13,15,23H,4,6,9-12H2,1-3H3. The minimum Gasteiger partial charge on any atom is -0.504 e. The van der Waals surface area contributed by atoms with Gasteiger partial charge in [0, 0.05) is 45.3 Å². The number of methoxy groups -OCH3 is 1. The Morgan fingerprint density at radius 2 is 2.00 bits per heavy atom. The van der Waals surface area contributed by atoms with Crippen LogP contribution in [-0.4, -0.2) is 85.0 Å². The second-order valence-electron chi connectivity index (χ2n) is 7.42. The summed E-state index contributed by atoms with van der Waals surface area (Å²) in [5, 5.41) is 9.75. The summed E-state index contributed by atoms with van der Waals surface area (Å²) in [4.78, 5) is 30.8. The smallest absolute Gasteiger partial charge is 0.254 e. The number of fused-ring (bicyclic) bond motifs is 4. The number of aromatic hydroxyl groups is 1. The molecule has 26 heavy (non-hydrogen) atoms. The fraction of sp³-hybridized carbons (Fsp3) is 0.579. The maximum Gasteiger partial charge on any atom is 0.254 e. The summed E-state index contributed by atoms with van der Waals surface area (Å²) in [5.41, 5.74) is 0.517. The number of piperidine rings is 1. The van der Waals surface area contributed by atoms with E-state index in [1.165, 1.54) is 13.2 Å². The SMILES string of the molecule is COc1cc(C(=O)N2CC3CCC2CN(CC(=O)N(C)C)C3)ccc1O. The molecule has 0 radical (unpaired) electrons. The predicted octanol–water partition coefficient (Wildman–Crippen LogP) is 1.03. The monoisotopic (exact) mass is 361 g/mol. The Balaban J connectivity index is 1.75. The molecule has 0 aromatic heterocycles. The Morgan fingerprint density at radius 3 is 2.69 bits per heavy atom. The summed E-state index contributed by atoms with van der Waals surface area (Å²) < 4.78 is 5.12. The molecule has 7 nitrogen and oxygen atoms in total. The zero-order valence-corrected chi connectivity index (χ0v) is 15.6. The number of ether oxygens (including phenoxy) is 1. The van der Waals surface area contributed by atoms with Crippen LogP contribution in [0.5, 0.6) is 11.5 Å². The maximum atomic E-state index is 13.1. The second kappa shape index (κ2) is 7.53. The van der Waals surface area contributed by atoms with Crippen molar-refractivity contribution in [3.8, 4) is 11.5 Å². The molecule has 7 heteroatoms. The number of nitrogens with zero attached hydrogens (tertiary/aromatic N) is 3. The van der Waals surface area contributed by atoms with Gasteiger partial charge >= 0.3 is 0 Å². The molecule has 3 fully saturated rings. The Kier molecular flexibility index (Phi) is 5.36. The Morgan fingerprint density at radius 1 is 1.23 bits per heavy atom. The number of likely N-dealkylation sites (N-methyl/N-ethyl adjacent to an activating group) is 1. The van der Waals surface area contributed by atoms with E-state index in [1.807, 2.05) is 4.90 Å². The van der Waals surface area contributed by atoms with Crippen LogP contribution in [0.3, 0.4) is 0 Å². The van der Waals surface area contributed by atoms with Gasteiger partial charge in [0.25, 0.3) is 5.91 Å². The first-order chi connectivity index (χ1) is 12.4. The third-order valence-electron chi connectivity index (χ3n) is 5.33. The average Bonchev–Trinajstić information content (AvgIpc) is 2.92. The highest BCUT2D eigenvalue weighted by Crippen LogP contribution is 2.31. The van der Waals surface area contributed by atoms with Crippen molar-refractivity contribution in [2.75, 3.05) is 47.4 Å². The lowest BCUT2D eigenvalue weighted by Crippen LogP contribution is -2.47. The number of amides is 2. The van der Waals surface area contributed by atoms with Gasteiger partial charge in [0.15, 0.2) is 11.5 Å². The van der Waals surface area contributed by atoms with Crippen molar-refractivity contribution in [2.45, 2.75) is 18.9 Å². The van der Waals surface area contributed by atoms with Crippen molar-refractivity contribution >= 4 is 11.8 Å². The number of hydrogen-bond acceptors (Lipinski definition) is 5. The van der Waals surface area contributed by atoms with Crippen molar-refractivity contribution in [1.82, 2.24) is 14.7 Å². The summed E-state index contributed by atoms with van der Waals surface area (Å²) in [6, 6.07) is 4.82. The van der Waals surface area contributed by atoms with E-state index < -0.39 is 0 Å². The number of carbonyl (C=O) groups excluding carboxylic acids is 2. The summed E-state index contributed by atoms with van der Waals surface area (Å²) in [5.74, 6) is 0.752. The van der Waals surface area contributed by atoms with E-state index in [-0.39, 0.29) is 23.6 Å². The summed E-state index contributed by atoms with van der Waals surface area (Å²) in [6.45, 7) is 2.67. The first-order valence-corrected chi connectivity index (χ1v) is 8.99. The maximum absolute atomic E-state index is 13.1. The molecule has 2 unspecified atom stereocenters. The van der Waals surface area contributed by atoms with Crippen LogP contribution in [0, 0.1) is 5.92 Å². The molecule has 2 atom stereocenters. The van der Waals surface area contributed by atoms with E-state index in [1.54, 1.807) is 31.1 Å². The van der Waals surface area contributed by atoms with E-state index in [0.717, 1.165) is 25.9 Å². The first-order valence-electron chi connectivity index (χ1n) is 8.99. The van der Waals surface area contributed by atoms with Crippen LogP contribution in [-0.2, 0) is 4.79 Å². The number of carbonyl (C=O) groups is 2. The minimum atomic E-state index is -0.0428. The Labute approximate surface area is 154 Å². The molecular weight excluding hydrogens is 334 g/mol. The summed E-state index contributed by atoms with van der Waals surface area (Å²) >= 11 is 0. The topological polar surface area (TPSA) is 73.3 Å². The van der Waals surface area contributed by atoms with Gasteiger partial charge < -0.3 is 19.6 Å². The van der Waals surface area contributed by atoms with Crippen molar-refractivity contribution in [3.05, 3.63) is 23.8 Å². The third kappa shape index (κ3) is 3.77. The molecule has 1 aromatic carbocycles. The Hall–Kier alpha value is -2.28. The fourth-order valence-corrected chi connectivity index (χ4v) is 3.87. The molecule has 3 aliphatic heterocycles. The fourth-order valence-electron chi connectivity index (χ4n) is 3.87. The first kappa shape index (κ1) is 18.5. The molecule has 0 aliphatic carbocycles. The zero-order chi connectivity index (χ0) is 18.8. The van der Waals surface area contributed by atoms with Crippen LogP contribution in [0.2, 0.25) is 0 Å². The van der Waals surface area contributed by atoms with E-state index in [2.05, 4.69) is 4.90 Å². The molecule has 4 rings (SSSR count). The lowest BCUT2D eigenvalue weighted by molar-refractivity contribution is -0.129. The number of hydrogen-bond donors (Lipinski definition) is 1. The molecule has 142 valence electrons. The highest BCUT2D eigenvalue weighted by Gasteiger charge is 2.38. The lowest BCUT2D eigenvalue weighted by atomic mass is 9.94. The molecule has 3 aliphatic rings. The van der Waals surface area contributed by atoms with Crippen LogP contribution < -0.4 is 4.74 Å². The molecule has 1 N–H and O–H groups in total. The van der Waals surface area contributed by atoms with Crippen LogP contribution in [0.15, 0.2) is 18.2 Å². The van der Waals surface area contributed by atoms with Crippen molar-refractivity contribution in [1.29, 1.82) is 0 Å². The van der Waals surface area contributed by atoms with Gasteiger partial charge in [0.1, 0.15) is 0 Å². The van der Waals surface area contributed by atoms with E-state index in [9.17, 15) is 14.7 Å². The van der Waals surface area contributed by atoms with Crippen LogP contribution in [0.25, 0.3) is 0 Å². The normalized spacial score (nSPS) is 22.8. The molecule has 0 saturated carbocycles. The summed E-state index contributed by atoms with van der Waals surface area (Å²) in [6.07, 6.45) is 2.04. The van der Waals surface area contributed by atoms with Gasteiger partial charge in [-0.1, -0.05) is 0 Å². The quantitative estimate of drug-likeness (QED) is 0.867. The van der Waals surface area contributed by atoms with Gasteiger partial charge in [-0.05, 0) is 37.0 Å². The number of rotatable bonds is 4. The average molecular weight is 361 g/mol. The van der Waals surface area contributed by atoms with Crippen molar-refractivity contribution in [3.63, 3.8) is 0 Å². The van der Waals surface area contributed by atoms with Crippen molar-refractivity contribution in [2.24, 2.45) is 5.92 Å². The molecule has 2 bridgehead atoms. The number of benzene rings is 1. The zero-order valence-electron chi connectivity index (χ0n) is 15.6. The molecule has 3 saturated heterocycles. The highest BCUT2D eigenvalue weighted by molar-refractivity contribution is 5.95. The number of phenolic OH excluding ortho intramolecular Hbond substituents is 1. The van der Waals surface area contributed by atoms with Gasteiger partial charge in [-0.15, -0.1) is 0 Å². The van der Waals surface area contributed by atoms with E-state index in [0.29, 0.717) is 30.3 Å². The van der Waals surface area contributed by atoms with Gasteiger partial charge in [-0.3, -0.25) is 14.5 Å². The molecule has 1 aromatic rings. The van der Waals surface area contributed by atoms with Gasteiger partial charge in [-0.25, -0.2) is 0 Å². The predicted molar refractivity (Wildman–Crippen MR) is 97.3 cm³/mol. The van der Waals surface area contributed by atoms with E-state index >= 15 is 0 Å². The lowest BCUT2D eigenvalue weighted by Gasteiger charge is -2.36. The third-order valence-corrected chi connectivity index (χ3v) is 5.33. The van der Waals surface area contributed by atoms with Crippen molar-refractivity contribution < 1.29 is 19.4 Å². The molecule has 0 spiro atoms. The summed E-state index contributed by atoms with van der Waals surface area (Å²) in [7, 11) is 5.00. The number of phenols is 1.